The molecular weight excluding hydrogens is 380 g/mol. The van der Waals surface area contributed by atoms with E-state index in [9.17, 15) is 10.1 Å². The fraction of sp³-hybridized carbons (Fsp3) is 0.278. The fourth-order valence-electron chi connectivity index (χ4n) is 2.92. The molecule has 0 radical (unpaired) electrons. The van der Waals surface area contributed by atoms with Crippen molar-refractivity contribution in [1.82, 2.24) is 19.5 Å². The minimum absolute atomic E-state index is 0.0750. The molecule has 5 N–H and O–H groups in total. The van der Waals surface area contributed by atoms with Gasteiger partial charge in [-0.3, -0.25) is 9.36 Å². The molecule has 1 aromatic carbocycles. The Labute approximate surface area is 166 Å². The number of hydrogen-bond donors (Lipinski definition) is 3. The number of rotatable bonds is 6. The molecule has 3 aromatic rings. The maximum absolute atomic E-state index is 13.1. The quantitative estimate of drug-likeness (QED) is 0.569. The lowest BCUT2D eigenvalue weighted by Gasteiger charge is -2.20. The summed E-state index contributed by atoms with van der Waals surface area (Å²) in [5.41, 5.74) is 11.8. The number of fused-ring (bicyclic) bond motifs is 1. The summed E-state index contributed by atoms with van der Waals surface area (Å²) in [6.45, 7) is 2.63. The molecule has 0 bridgehead atoms. The summed E-state index contributed by atoms with van der Waals surface area (Å²) in [6.07, 6.45) is 1.86. The fourth-order valence-corrected chi connectivity index (χ4v) is 3.18. The number of nitrogens with zero attached hydrogens (tertiary/aromatic N) is 5. The van der Waals surface area contributed by atoms with Gasteiger partial charge in [0, 0.05) is 6.54 Å². The van der Waals surface area contributed by atoms with E-state index in [4.69, 9.17) is 23.1 Å². The van der Waals surface area contributed by atoms with Crippen LogP contribution >= 0.6 is 11.6 Å². The number of nitrogens with one attached hydrogen (secondary N) is 1. The van der Waals surface area contributed by atoms with Crippen molar-refractivity contribution < 1.29 is 0 Å². The lowest BCUT2D eigenvalue weighted by molar-refractivity contribution is 0.570. The molecule has 2 heterocycles. The molecule has 0 fully saturated rings. The lowest BCUT2D eigenvalue weighted by Crippen LogP contribution is -2.29. The molecule has 0 saturated heterocycles. The number of nitrogens with two attached hydrogens (primary N) is 2. The normalized spacial score (nSPS) is 11.9. The molecule has 9 nitrogen and oxygen atoms in total. The summed E-state index contributed by atoms with van der Waals surface area (Å²) in [7, 11) is 0. The Hall–Kier alpha value is -3.22. The van der Waals surface area contributed by atoms with Crippen LogP contribution in [0.15, 0.2) is 29.3 Å². The highest BCUT2D eigenvalue weighted by Gasteiger charge is 2.20. The average Bonchev–Trinajstić information content (AvgIpc) is 2.67. The highest BCUT2D eigenvalue weighted by molar-refractivity contribution is 6.35. The number of halogens is 1. The van der Waals surface area contributed by atoms with Crippen molar-refractivity contribution in [1.29, 1.82) is 5.26 Å². The SMILES string of the molecule is CC(Nc1ncnc(N)c1C#N)c1nc2cccc(Cl)c2c(=O)n1CCCN. The Morgan fingerprint density at radius 1 is 1.39 bits per heavy atom. The molecule has 1 unspecified atom stereocenters. The highest BCUT2D eigenvalue weighted by atomic mass is 35.5. The average molecular weight is 399 g/mol. The predicted octanol–water partition coefficient (Wildman–Crippen LogP) is 1.82. The first kappa shape index (κ1) is 19.5. The Kier molecular flexibility index (Phi) is 5.73. The smallest absolute Gasteiger partial charge is 0.262 e. The molecule has 0 aliphatic carbocycles. The number of nitriles is 1. The molecule has 2 aromatic heterocycles. The standard InChI is InChI=1S/C18H19ClN8O/c1-10(25-16-11(8-21)15(22)23-9-24-16)17-26-13-5-2-4-12(19)14(13)18(28)27(17)7-3-6-20/h2,4-5,9-10H,3,6-7,20H2,1H3,(H3,22,23,24,25). The van der Waals surface area contributed by atoms with Crippen LogP contribution in [0.25, 0.3) is 10.9 Å². The van der Waals surface area contributed by atoms with Gasteiger partial charge in [0.05, 0.1) is 22.0 Å². The summed E-state index contributed by atoms with van der Waals surface area (Å²) in [5, 5.41) is 13.1. The third kappa shape index (κ3) is 3.60. The van der Waals surface area contributed by atoms with Gasteiger partial charge in [-0.05, 0) is 32.0 Å². The Morgan fingerprint density at radius 2 is 2.18 bits per heavy atom. The van der Waals surface area contributed by atoms with E-state index in [1.807, 2.05) is 13.0 Å². The molecule has 0 spiro atoms. The minimum atomic E-state index is -0.449. The van der Waals surface area contributed by atoms with Gasteiger partial charge in [0.2, 0.25) is 0 Å². The third-order valence-electron chi connectivity index (χ3n) is 4.28. The van der Waals surface area contributed by atoms with E-state index in [1.54, 1.807) is 22.8 Å². The van der Waals surface area contributed by atoms with Crippen molar-refractivity contribution in [3.05, 3.63) is 51.3 Å². The number of anilines is 2. The van der Waals surface area contributed by atoms with E-state index in [0.717, 1.165) is 0 Å². The molecule has 3 rings (SSSR count). The van der Waals surface area contributed by atoms with Crippen molar-refractivity contribution in [3.63, 3.8) is 0 Å². The van der Waals surface area contributed by atoms with Crippen LogP contribution in [-0.4, -0.2) is 26.1 Å². The highest BCUT2D eigenvalue weighted by Crippen LogP contribution is 2.24. The van der Waals surface area contributed by atoms with Crippen molar-refractivity contribution in [2.75, 3.05) is 17.6 Å². The molecule has 10 heteroatoms. The van der Waals surface area contributed by atoms with E-state index in [0.29, 0.717) is 41.3 Å². The van der Waals surface area contributed by atoms with Gasteiger partial charge in [-0.15, -0.1) is 0 Å². The maximum Gasteiger partial charge on any atom is 0.262 e. The van der Waals surface area contributed by atoms with Gasteiger partial charge >= 0.3 is 0 Å². The van der Waals surface area contributed by atoms with Crippen LogP contribution < -0.4 is 22.3 Å². The molecule has 144 valence electrons. The number of benzene rings is 1. The van der Waals surface area contributed by atoms with E-state index >= 15 is 0 Å². The van der Waals surface area contributed by atoms with Crippen molar-refractivity contribution in [2.24, 2.45) is 5.73 Å². The lowest BCUT2D eigenvalue weighted by atomic mass is 10.2. The minimum Gasteiger partial charge on any atom is -0.382 e. The van der Waals surface area contributed by atoms with Crippen LogP contribution in [0.5, 0.6) is 0 Å². The molecule has 0 aliphatic rings. The van der Waals surface area contributed by atoms with Gasteiger partial charge < -0.3 is 16.8 Å². The monoisotopic (exact) mass is 398 g/mol. The topological polar surface area (TPSA) is 149 Å². The molecule has 0 aliphatic heterocycles. The third-order valence-corrected chi connectivity index (χ3v) is 4.59. The van der Waals surface area contributed by atoms with Crippen LogP contribution in [0.4, 0.5) is 11.6 Å². The van der Waals surface area contributed by atoms with E-state index in [1.165, 1.54) is 6.33 Å². The van der Waals surface area contributed by atoms with Gasteiger partial charge in [0.1, 0.15) is 35.4 Å². The van der Waals surface area contributed by atoms with Gasteiger partial charge in [-0.1, -0.05) is 17.7 Å². The van der Waals surface area contributed by atoms with Crippen LogP contribution in [-0.2, 0) is 6.54 Å². The summed E-state index contributed by atoms with van der Waals surface area (Å²) in [5.74, 6) is 0.827. The van der Waals surface area contributed by atoms with Crippen LogP contribution in [0, 0.1) is 11.3 Å². The second-order valence-electron chi connectivity index (χ2n) is 6.16. The second-order valence-corrected chi connectivity index (χ2v) is 6.57. The summed E-state index contributed by atoms with van der Waals surface area (Å²) < 4.78 is 1.55. The Balaban J connectivity index is 2.12. The largest absolute Gasteiger partial charge is 0.382 e. The molecule has 28 heavy (non-hydrogen) atoms. The van der Waals surface area contributed by atoms with Gasteiger partial charge in [-0.2, -0.15) is 5.26 Å². The molecule has 1 atom stereocenters. The number of hydrogen-bond acceptors (Lipinski definition) is 8. The first-order chi connectivity index (χ1) is 13.5. The molecule has 0 saturated carbocycles. The second kappa shape index (κ2) is 8.21. The first-order valence-electron chi connectivity index (χ1n) is 8.64. The van der Waals surface area contributed by atoms with Crippen LogP contribution in [0.1, 0.15) is 30.8 Å². The summed E-state index contributed by atoms with van der Waals surface area (Å²) >= 11 is 6.23. The van der Waals surface area contributed by atoms with Gasteiger partial charge in [-0.25, -0.2) is 15.0 Å². The zero-order chi connectivity index (χ0) is 20.3. The van der Waals surface area contributed by atoms with Gasteiger partial charge in [0.25, 0.3) is 5.56 Å². The first-order valence-corrected chi connectivity index (χ1v) is 9.01. The zero-order valence-electron chi connectivity index (χ0n) is 15.2. The van der Waals surface area contributed by atoms with Crippen molar-refractivity contribution >= 4 is 34.1 Å². The molecular formula is C18H19ClN8O. The van der Waals surface area contributed by atoms with Crippen LogP contribution in [0.3, 0.4) is 0 Å². The number of aromatic nitrogens is 4. The number of nitrogen functional groups attached to an aromatic ring is 1. The maximum atomic E-state index is 13.1. The predicted molar refractivity (Wildman–Crippen MR) is 108 cm³/mol. The van der Waals surface area contributed by atoms with Gasteiger partial charge in [0.15, 0.2) is 0 Å². The van der Waals surface area contributed by atoms with E-state index in [2.05, 4.69) is 20.3 Å². The summed E-state index contributed by atoms with van der Waals surface area (Å²) in [4.78, 5) is 25.6. The Morgan fingerprint density at radius 3 is 2.89 bits per heavy atom. The van der Waals surface area contributed by atoms with Crippen molar-refractivity contribution in [3.8, 4) is 6.07 Å². The van der Waals surface area contributed by atoms with Crippen molar-refractivity contribution in [2.45, 2.75) is 25.9 Å². The summed E-state index contributed by atoms with van der Waals surface area (Å²) in [6, 6.07) is 6.66. The van der Waals surface area contributed by atoms with E-state index in [-0.39, 0.29) is 22.8 Å². The molecule has 0 amide bonds. The Bertz CT molecular complexity index is 1120. The van der Waals surface area contributed by atoms with E-state index < -0.39 is 6.04 Å². The zero-order valence-corrected chi connectivity index (χ0v) is 15.9. The van der Waals surface area contributed by atoms with Crippen LogP contribution in [0.2, 0.25) is 5.02 Å².